The van der Waals surface area contributed by atoms with Crippen LogP contribution in [-0.4, -0.2) is 4.40 Å². The summed E-state index contributed by atoms with van der Waals surface area (Å²) < 4.78 is 4.36. The van der Waals surface area contributed by atoms with Gasteiger partial charge in [0.1, 0.15) is 6.20 Å². The Kier molecular flexibility index (Phi) is 3.47. The Bertz CT molecular complexity index is 629. The van der Waals surface area contributed by atoms with Crippen molar-refractivity contribution in [2.45, 2.75) is 0 Å². The van der Waals surface area contributed by atoms with Crippen LogP contribution in [0, 0.1) is 0 Å². The van der Waals surface area contributed by atoms with Gasteiger partial charge >= 0.3 is 0 Å². The Morgan fingerprint density at radius 2 is 1.65 bits per heavy atom. The topological polar surface area (TPSA) is 8.29 Å². The molecule has 17 heavy (non-hydrogen) atoms. The highest BCUT2D eigenvalue weighted by Gasteiger charge is 2.16. The molecule has 0 bridgehead atoms. The van der Waals surface area contributed by atoms with Gasteiger partial charge in [0.25, 0.3) is 5.82 Å². The molecule has 3 heteroatoms. The van der Waals surface area contributed by atoms with Crippen LogP contribution in [0.1, 0.15) is 0 Å². The minimum Gasteiger partial charge on any atom is -1.00 e. The number of imidazole rings is 1. The van der Waals surface area contributed by atoms with Gasteiger partial charge in [0.05, 0.1) is 18.8 Å². The van der Waals surface area contributed by atoms with Gasteiger partial charge in [-0.15, -0.1) is 0 Å². The van der Waals surface area contributed by atoms with E-state index in [-0.39, 0.29) is 24.0 Å². The number of aromatic nitrogens is 2. The summed E-state index contributed by atoms with van der Waals surface area (Å²) in [6.07, 6.45) is 4.24. The predicted molar refractivity (Wildman–Crippen MR) is 64.0 cm³/mol. The summed E-state index contributed by atoms with van der Waals surface area (Å²) >= 11 is 0. The highest BCUT2D eigenvalue weighted by Crippen LogP contribution is 2.17. The Morgan fingerprint density at radius 3 is 2.41 bits per heavy atom. The third-order valence-corrected chi connectivity index (χ3v) is 2.81. The van der Waals surface area contributed by atoms with Gasteiger partial charge in [-0.1, -0.05) is 24.3 Å². The van der Waals surface area contributed by atoms with E-state index in [0.29, 0.717) is 0 Å². The van der Waals surface area contributed by atoms with Crippen molar-refractivity contribution in [1.82, 2.24) is 4.40 Å². The molecule has 0 radical (unpaired) electrons. The monoisotopic (exact) mass is 336 g/mol. The van der Waals surface area contributed by atoms with Crippen molar-refractivity contribution in [2.75, 3.05) is 0 Å². The molecule has 3 aromatic rings. The molecule has 0 saturated heterocycles. The highest BCUT2D eigenvalue weighted by molar-refractivity contribution is 5.58. The smallest absolute Gasteiger partial charge is 0.293 e. The van der Waals surface area contributed by atoms with Crippen molar-refractivity contribution < 1.29 is 28.5 Å². The van der Waals surface area contributed by atoms with E-state index in [1.54, 1.807) is 0 Å². The minimum atomic E-state index is 0. The summed E-state index contributed by atoms with van der Waals surface area (Å²) in [5.74, 6) is 1.20. The third-order valence-electron chi connectivity index (χ3n) is 2.81. The molecule has 0 unspecified atom stereocenters. The van der Waals surface area contributed by atoms with E-state index in [0.717, 1.165) is 0 Å². The SMILES string of the molecule is C[n+]1cc2ccccn2c1-c1ccccc1.[I-]. The van der Waals surface area contributed by atoms with Gasteiger partial charge in [-0.25, -0.2) is 4.57 Å². The first-order chi connectivity index (χ1) is 7.86. The van der Waals surface area contributed by atoms with E-state index >= 15 is 0 Å². The first-order valence-corrected chi connectivity index (χ1v) is 5.37. The number of benzene rings is 1. The van der Waals surface area contributed by atoms with Crippen LogP contribution in [0.15, 0.2) is 60.9 Å². The number of rotatable bonds is 1. The zero-order valence-electron chi connectivity index (χ0n) is 9.55. The Balaban J connectivity index is 0.00000108. The molecule has 0 atom stereocenters. The van der Waals surface area contributed by atoms with Crippen LogP contribution in [0.2, 0.25) is 0 Å². The summed E-state index contributed by atoms with van der Waals surface area (Å²) in [7, 11) is 2.08. The molecule has 0 aliphatic rings. The molecular weight excluding hydrogens is 323 g/mol. The van der Waals surface area contributed by atoms with Crippen LogP contribution in [0.4, 0.5) is 0 Å². The lowest BCUT2D eigenvalue weighted by Crippen LogP contribution is -3.00. The van der Waals surface area contributed by atoms with Crippen molar-refractivity contribution in [1.29, 1.82) is 0 Å². The van der Waals surface area contributed by atoms with Crippen molar-refractivity contribution in [3.05, 3.63) is 60.9 Å². The molecule has 0 aliphatic carbocycles. The van der Waals surface area contributed by atoms with Gasteiger partial charge in [0, 0.05) is 0 Å². The van der Waals surface area contributed by atoms with Crippen LogP contribution in [0.3, 0.4) is 0 Å². The lowest BCUT2D eigenvalue weighted by atomic mass is 10.2. The number of hydrogen-bond acceptors (Lipinski definition) is 0. The number of pyridine rings is 1. The summed E-state index contributed by atoms with van der Waals surface area (Å²) in [6.45, 7) is 0. The van der Waals surface area contributed by atoms with Crippen molar-refractivity contribution >= 4 is 5.52 Å². The first kappa shape index (κ1) is 12.1. The first-order valence-electron chi connectivity index (χ1n) is 5.37. The quantitative estimate of drug-likeness (QED) is 0.416. The average molecular weight is 336 g/mol. The molecule has 0 saturated carbocycles. The second-order valence-corrected chi connectivity index (χ2v) is 3.93. The van der Waals surface area contributed by atoms with Gasteiger partial charge in [0.2, 0.25) is 0 Å². The highest BCUT2D eigenvalue weighted by atomic mass is 127. The van der Waals surface area contributed by atoms with E-state index in [1.807, 2.05) is 6.07 Å². The number of halogens is 1. The fraction of sp³-hybridized carbons (Fsp3) is 0.0714. The van der Waals surface area contributed by atoms with Crippen molar-refractivity contribution in [3.63, 3.8) is 0 Å². The van der Waals surface area contributed by atoms with Crippen molar-refractivity contribution in [2.24, 2.45) is 7.05 Å². The van der Waals surface area contributed by atoms with E-state index in [9.17, 15) is 0 Å². The van der Waals surface area contributed by atoms with Gasteiger partial charge < -0.3 is 24.0 Å². The molecule has 86 valence electrons. The molecular formula is C14H13IN2. The molecule has 0 aliphatic heterocycles. The van der Waals surface area contributed by atoms with Gasteiger partial charge in [-0.2, -0.15) is 4.40 Å². The lowest BCUT2D eigenvalue weighted by Gasteiger charge is -1.96. The molecule has 1 aromatic carbocycles. The molecule has 0 spiro atoms. The van der Waals surface area contributed by atoms with Crippen LogP contribution in [0.5, 0.6) is 0 Å². The van der Waals surface area contributed by atoms with Crippen LogP contribution in [0.25, 0.3) is 16.9 Å². The second kappa shape index (κ2) is 4.87. The molecule has 0 amide bonds. The third kappa shape index (κ3) is 2.07. The molecule has 3 rings (SSSR count). The molecule has 2 nitrogen and oxygen atoms in total. The van der Waals surface area contributed by atoms with Crippen molar-refractivity contribution in [3.8, 4) is 11.4 Å². The number of hydrogen-bond donors (Lipinski definition) is 0. The number of fused-ring (bicyclic) bond motifs is 1. The van der Waals surface area contributed by atoms with E-state index in [4.69, 9.17) is 0 Å². The number of aryl methyl sites for hydroxylation is 1. The molecule has 0 fully saturated rings. The Hall–Kier alpha value is -1.36. The fourth-order valence-corrected chi connectivity index (χ4v) is 2.11. The van der Waals surface area contributed by atoms with E-state index in [2.05, 4.69) is 70.9 Å². The van der Waals surface area contributed by atoms with Gasteiger partial charge in [0.15, 0.2) is 5.52 Å². The normalized spacial score (nSPS) is 10.2. The Morgan fingerprint density at radius 1 is 0.941 bits per heavy atom. The van der Waals surface area contributed by atoms with Gasteiger partial charge in [-0.05, 0) is 24.3 Å². The fourth-order valence-electron chi connectivity index (χ4n) is 2.11. The maximum absolute atomic E-state index is 2.20. The molecule has 2 heterocycles. The zero-order valence-corrected chi connectivity index (χ0v) is 11.7. The van der Waals surface area contributed by atoms with Crippen LogP contribution >= 0.6 is 0 Å². The summed E-state index contributed by atoms with van der Waals surface area (Å²) in [4.78, 5) is 0. The summed E-state index contributed by atoms with van der Waals surface area (Å²) in [5.41, 5.74) is 2.44. The Labute approximate surface area is 118 Å². The number of nitrogens with zero attached hydrogens (tertiary/aromatic N) is 2. The van der Waals surface area contributed by atoms with Crippen LogP contribution in [-0.2, 0) is 7.05 Å². The average Bonchev–Trinajstić information content (AvgIpc) is 2.66. The summed E-state index contributed by atoms with van der Waals surface area (Å²) in [5, 5.41) is 0. The lowest BCUT2D eigenvalue weighted by molar-refractivity contribution is -0.658. The predicted octanol–water partition coefficient (Wildman–Crippen LogP) is -0.565. The van der Waals surface area contributed by atoms with E-state index < -0.39 is 0 Å². The largest absolute Gasteiger partial charge is 1.00 e. The second-order valence-electron chi connectivity index (χ2n) is 3.93. The van der Waals surface area contributed by atoms with Gasteiger partial charge in [-0.3, -0.25) is 0 Å². The zero-order chi connectivity index (χ0) is 11.0. The minimum absolute atomic E-state index is 0. The summed E-state index contributed by atoms with van der Waals surface area (Å²) in [6, 6.07) is 16.7. The molecule has 2 aromatic heterocycles. The maximum Gasteiger partial charge on any atom is 0.293 e. The molecule has 0 N–H and O–H groups in total. The van der Waals surface area contributed by atoms with E-state index in [1.165, 1.54) is 16.9 Å². The standard InChI is InChI=1S/C14H13N2.HI/c1-15-11-13-9-5-6-10-16(13)14(15)12-7-3-2-4-8-12;/h2-11H,1H3;1H/q+1;/p-1. The maximum atomic E-state index is 2.20. The van der Waals surface area contributed by atoms with Crippen LogP contribution < -0.4 is 28.5 Å².